The standard InChI is InChI=1S/C25H30N2O3/c1-5-22(26-15-20(29)7-6-10-28)24-21-9-8-16(2)14-23(21)27(25(24)30)19-12-17(3)11-18(4)13-19/h8-9,11-14,28,30H,5-7,10,15H2,1-4H3. The lowest BCUT2D eigenvalue weighted by atomic mass is 10.0. The third-order valence-corrected chi connectivity index (χ3v) is 5.25. The van der Waals surface area contributed by atoms with Gasteiger partial charge in [-0.1, -0.05) is 25.1 Å². The lowest BCUT2D eigenvalue weighted by Gasteiger charge is -2.10. The number of carbonyl (C=O) groups is 1. The van der Waals surface area contributed by atoms with Gasteiger partial charge in [0.15, 0.2) is 5.78 Å². The molecule has 0 atom stereocenters. The molecule has 2 N–H and O–H groups in total. The molecule has 0 saturated heterocycles. The van der Waals surface area contributed by atoms with Gasteiger partial charge in [-0.25, -0.2) is 0 Å². The molecule has 0 saturated carbocycles. The van der Waals surface area contributed by atoms with Crippen LogP contribution in [0.15, 0.2) is 41.4 Å². The maximum Gasteiger partial charge on any atom is 0.206 e. The molecule has 3 aromatic rings. The number of aliphatic hydroxyl groups excluding tert-OH is 1. The number of carbonyl (C=O) groups excluding carboxylic acids is 1. The number of benzene rings is 2. The van der Waals surface area contributed by atoms with Crippen LogP contribution >= 0.6 is 0 Å². The molecule has 3 rings (SSSR count). The highest BCUT2D eigenvalue weighted by molar-refractivity contribution is 6.14. The van der Waals surface area contributed by atoms with Crippen LogP contribution < -0.4 is 0 Å². The summed E-state index contributed by atoms with van der Waals surface area (Å²) in [6.07, 6.45) is 1.36. The number of hydrogen-bond acceptors (Lipinski definition) is 4. The molecule has 158 valence electrons. The van der Waals surface area contributed by atoms with E-state index in [1.165, 1.54) is 0 Å². The summed E-state index contributed by atoms with van der Waals surface area (Å²) in [5.74, 6) is 0.132. The first-order chi connectivity index (χ1) is 14.3. The summed E-state index contributed by atoms with van der Waals surface area (Å²) in [6.45, 7) is 8.16. The smallest absolute Gasteiger partial charge is 0.206 e. The van der Waals surface area contributed by atoms with Gasteiger partial charge in [0, 0.05) is 29.8 Å². The maximum atomic E-state index is 12.1. The minimum Gasteiger partial charge on any atom is -0.494 e. The number of aliphatic imine (C=N–C) groups is 1. The van der Waals surface area contributed by atoms with Crippen molar-refractivity contribution in [3.63, 3.8) is 0 Å². The molecule has 5 nitrogen and oxygen atoms in total. The molecule has 0 unspecified atom stereocenters. The number of fused-ring (bicyclic) bond motifs is 1. The molecule has 0 radical (unpaired) electrons. The Bertz CT molecular complexity index is 1090. The average Bonchev–Trinajstić information content (AvgIpc) is 2.97. The molecule has 30 heavy (non-hydrogen) atoms. The predicted molar refractivity (Wildman–Crippen MR) is 122 cm³/mol. The van der Waals surface area contributed by atoms with Crippen molar-refractivity contribution in [1.82, 2.24) is 4.57 Å². The molecule has 0 aliphatic rings. The van der Waals surface area contributed by atoms with Crippen molar-refractivity contribution in [3.05, 3.63) is 58.7 Å². The van der Waals surface area contributed by atoms with E-state index in [9.17, 15) is 9.90 Å². The highest BCUT2D eigenvalue weighted by Crippen LogP contribution is 2.36. The highest BCUT2D eigenvalue weighted by Gasteiger charge is 2.21. The van der Waals surface area contributed by atoms with Crippen LogP contribution in [0.5, 0.6) is 5.88 Å². The lowest BCUT2D eigenvalue weighted by molar-refractivity contribution is -0.117. The Labute approximate surface area is 177 Å². The molecule has 0 amide bonds. The van der Waals surface area contributed by atoms with Crippen LogP contribution in [0.1, 0.15) is 48.4 Å². The van der Waals surface area contributed by atoms with Gasteiger partial charge >= 0.3 is 0 Å². The fourth-order valence-corrected chi connectivity index (χ4v) is 3.92. The Kier molecular flexibility index (Phi) is 6.73. The number of aromatic hydroxyl groups is 1. The third-order valence-electron chi connectivity index (χ3n) is 5.25. The minimum atomic E-state index is -0.0108. The first kappa shape index (κ1) is 21.8. The van der Waals surface area contributed by atoms with E-state index in [1.807, 2.05) is 44.4 Å². The Morgan fingerprint density at radius 1 is 1.03 bits per heavy atom. The van der Waals surface area contributed by atoms with Crippen molar-refractivity contribution in [2.24, 2.45) is 4.99 Å². The Hall–Kier alpha value is -2.92. The van der Waals surface area contributed by atoms with Gasteiger partial charge in [-0.3, -0.25) is 14.4 Å². The van der Waals surface area contributed by atoms with Crippen LogP contribution in [0, 0.1) is 20.8 Å². The minimum absolute atomic E-state index is 0.000371. The van der Waals surface area contributed by atoms with Crippen molar-refractivity contribution < 1.29 is 15.0 Å². The van der Waals surface area contributed by atoms with Crippen molar-refractivity contribution in [2.45, 2.75) is 47.0 Å². The Balaban J connectivity index is 2.18. The van der Waals surface area contributed by atoms with E-state index in [1.54, 1.807) is 0 Å². The normalized spacial score (nSPS) is 12.0. The quantitative estimate of drug-likeness (QED) is 0.528. The SMILES string of the molecule is CCC(=NCC(=O)CCCO)c1c(O)n(-c2cc(C)cc(C)c2)c2cc(C)ccc12. The van der Waals surface area contributed by atoms with Crippen molar-refractivity contribution in [2.75, 3.05) is 13.2 Å². The van der Waals surface area contributed by atoms with E-state index < -0.39 is 0 Å². The molecule has 1 aromatic heterocycles. The van der Waals surface area contributed by atoms with Gasteiger partial charge in [0.05, 0.1) is 17.6 Å². The Morgan fingerprint density at radius 2 is 1.73 bits per heavy atom. The van der Waals surface area contributed by atoms with Crippen LogP contribution in [0.4, 0.5) is 0 Å². The zero-order chi connectivity index (χ0) is 21.8. The molecule has 0 fully saturated rings. The van der Waals surface area contributed by atoms with E-state index in [0.29, 0.717) is 30.5 Å². The number of rotatable bonds is 8. The van der Waals surface area contributed by atoms with Gasteiger partial charge in [0.1, 0.15) is 0 Å². The summed E-state index contributed by atoms with van der Waals surface area (Å²) in [7, 11) is 0. The van der Waals surface area contributed by atoms with E-state index >= 15 is 0 Å². The number of hydrogen-bond donors (Lipinski definition) is 2. The molecule has 0 spiro atoms. The summed E-state index contributed by atoms with van der Waals surface area (Å²) in [5.41, 5.74) is 6.56. The topological polar surface area (TPSA) is 74.8 Å². The number of ketones is 1. The summed E-state index contributed by atoms with van der Waals surface area (Å²) in [6, 6.07) is 12.3. The van der Waals surface area contributed by atoms with Crippen LogP contribution in [-0.4, -0.2) is 39.4 Å². The Morgan fingerprint density at radius 3 is 2.37 bits per heavy atom. The molecule has 2 aromatic carbocycles. The second-order valence-corrected chi connectivity index (χ2v) is 7.88. The zero-order valence-electron chi connectivity index (χ0n) is 18.2. The molecule has 1 heterocycles. The zero-order valence-corrected chi connectivity index (χ0v) is 18.2. The number of aromatic nitrogens is 1. The maximum absolute atomic E-state index is 12.1. The van der Waals surface area contributed by atoms with Crippen molar-refractivity contribution in [3.8, 4) is 11.6 Å². The number of Topliss-reactive ketones (excluding diaryl/α,β-unsaturated/α-hetero) is 1. The van der Waals surface area contributed by atoms with Gasteiger partial charge in [0.25, 0.3) is 0 Å². The van der Waals surface area contributed by atoms with Gasteiger partial charge < -0.3 is 10.2 Å². The number of aliphatic hydroxyl groups is 1. The molecular formula is C25H30N2O3. The molecule has 0 aliphatic carbocycles. The monoisotopic (exact) mass is 406 g/mol. The first-order valence-electron chi connectivity index (χ1n) is 10.4. The van der Waals surface area contributed by atoms with Gasteiger partial charge in [0.2, 0.25) is 5.88 Å². The average molecular weight is 407 g/mol. The lowest BCUT2D eigenvalue weighted by Crippen LogP contribution is -2.08. The summed E-state index contributed by atoms with van der Waals surface area (Å²) in [5, 5.41) is 21.1. The predicted octanol–water partition coefficient (Wildman–Crippen LogP) is 4.80. The van der Waals surface area contributed by atoms with E-state index in [2.05, 4.69) is 29.3 Å². The second-order valence-electron chi connectivity index (χ2n) is 7.88. The fraction of sp³-hybridized carbons (Fsp3) is 0.360. The van der Waals surface area contributed by atoms with E-state index in [4.69, 9.17) is 5.11 Å². The third kappa shape index (κ3) is 4.46. The first-order valence-corrected chi connectivity index (χ1v) is 10.4. The number of nitrogens with zero attached hydrogens (tertiary/aromatic N) is 2. The molecule has 0 aliphatic heterocycles. The molecule has 5 heteroatoms. The summed E-state index contributed by atoms with van der Waals surface area (Å²) < 4.78 is 1.87. The van der Waals surface area contributed by atoms with Gasteiger partial charge in [-0.05, 0) is 68.5 Å². The van der Waals surface area contributed by atoms with Gasteiger partial charge in [-0.15, -0.1) is 0 Å². The van der Waals surface area contributed by atoms with Crippen molar-refractivity contribution in [1.29, 1.82) is 0 Å². The second kappa shape index (κ2) is 9.26. The summed E-state index contributed by atoms with van der Waals surface area (Å²) >= 11 is 0. The van der Waals surface area contributed by atoms with E-state index in [0.717, 1.165) is 33.3 Å². The van der Waals surface area contributed by atoms with Crippen LogP contribution in [0.25, 0.3) is 16.6 Å². The van der Waals surface area contributed by atoms with Crippen LogP contribution in [-0.2, 0) is 4.79 Å². The van der Waals surface area contributed by atoms with Gasteiger partial charge in [-0.2, -0.15) is 0 Å². The molecular weight excluding hydrogens is 376 g/mol. The highest BCUT2D eigenvalue weighted by atomic mass is 16.3. The summed E-state index contributed by atoms with van der Waals surface area (Å²) in [4.78, 5) is 16.6. The van der Waals surface area contributed by atoms with E-state index in [-0.39, 0.29) is 24.8 Å². The van der Waals surface area contributed by atoms with Crippen molar-refractivity contribution >= 4 is 22.4 Å². The van der Waals surface area contributed by atoms with Crippen LogP contribution in [0.2, 0.25) is 0 Å². The van der Waals surface area contributed by atoms with Crippen LogP contribution in [0.3, 0.4) is 0 Å². The number of aryl methyl sites for hydroxylation is 3. The fourth-order valence-electron chi connectivity index (χ4n) is 3.92. The largest absolute Gasteiger partial charge is 0.494 e. The molecule has 0 bridgehead atoms.